The lowest BCUT2D eigenvalue weighted by molar-refractivity contribution is 0.660. The van der Waals surface area contributed by atoms with Crippen LogP contribution in [0.5, 0.6) is 0 Å². The van der Waals surface area contributed by atoms with E-state index in [-0.39, 0.29) is 5.41 Å². The van der Waals surface area contributed by atoms with Crippen molar-refractivity contribution >= 4 is 72.3 Å². The molecular weight excluding hydrogens is 847 g/mol. The second kappa shape index (κ2) is 16.8. The first kappa shape index (κ1) is 41.5. The fraction of sp³-hybridized carbons (Fsp3) is 0.0746. The lowest BCUT2D eigenvalue weighted by atomic mass is 9.82. The van der Waals surface area contributed by atoms with E-state index in [4.69, 9.17) is 0 Å². The van der Waals surface area contributed by atoms with Gasteiger partial charge in [0.05, 0.1) is 16.7 Å². The highest BCUT2D eigenvalue weighted by Crippen LogP contribution is 2.52. The molecule has 3 nitrogen and oxygen atoms in total. The third-order valence-electron chi connectivity index (χ3n) is 14.7. The molecular formula is C67H51N3. The van der Waals surface area contributed by atoms with E-state index in [0.717, 1.165) is 63.8 Å². The predicted octanol–water partition coefficient (Wildman–Crippen LogP) is 18.6. The van der Waals surface area contributed by atoms with Gasteiger partial charge in [-0.15, -0.1) is 0 Å². The molecule has 1 aromatic heterocycles. The van der Waals surface area contributed by atoms with Crippen LogP contribution in [-0.4, -0.2) is 4.57 Å². The summed E-state index contributed by atoms with van der Waals surface area (Å²) in [6.45, 7) is 4.73. The average molecular weight is 898 g/mol. The van der Waals surface area contributed by atoms with Crippen LogP contribution in [0.1, 0.15) is 43.4 Å². The number of aromatic nitrogens is 1. The number of allylic oxidation sites excluding steroid dienone is 4. The van der Waals surface area contributed by atoms with Crippen LogP contribution in [0.25, 0.3) is 66.1 Å². The van der Waals surface area contributed by atoms with Crippen LogP contribution < -0.4 is 9.80 Å². The molecule has 0 aliphatic heterocycles. The molecule has 0 radical (unpaired) electrons. The molecule has 2 aliphatic rings. The summed E-state index contributed by atoms with van der Waals surface area (Å²) < 4.78 is 2.42. The van der Waals surface area contributed by atoms with Gasteiger partial charge in [-0.3, -0.25) is 0 Å². The monoisotopic (exact) mass is 897 g/mol. The van der Waals surface area contributed by atoms with Crippen molar-refractivity contribution in [1.29, 1.82) is 0 Å². The van der Waals surface area contributed by atoms with Gasteiger partial charge in [0.25, 0.3) is 0 Å². The van der Waals surface area contributed by atoms with Gasteiger partial charge in [0, 0.05) is 55.7 Å². The third kappa shape index (κ3) is 6.96. The van der Waals surface area contributed by atoms with E-state index in [1.807, 2.05) is 0 Å². The molecule has 0 saturated heterocycles. The summed E-state index contributed by atoms with van der Waals surface area (Å²) in [5.74, 6) is 0. The summed E-state index contributed by atoms with van der Waals surface area (Å²) in [5.41, 5.74) is 20.1. The molecule has 0 bridgehead atoms. The number of fused-ring (bicyclic) bond motifs is 7. The van der Waals surface area contributed by atoms with E-state index >= 15 is 0 Å². The van der Waals surface area contributed by atoms with Crippen LogP contribution in [0, 0.1) is 0 Å². The summed E-state index contributed by atoms with van der Waals surface area (Å²) in [5, 5.41) is 4.84. The minimum Gasteiger partial charge on any atom is -0.310 e. The number of rotatable bonds is 9. The number of nitrogens with zero attached hydrogens (tertiary/aromatic N) is 3. The highest BCUT2D eigenvalue weighted by molar-refractivity contribution is 6.11. The van der Waals surface area contributed by atoms with E-state index in [9.17, 15) is 0 Å². The van der Waals surface area contributed by atoms with Crippen molar-refractivity contribution in [2.45, 2.75) is 32.1 Å². The molecule has 0 amide bonds. The zero-order valence-corrected chi connectivity index (χ0v) is 39.4. The quantitative estimate of drug-likeness (QED) is 0.143. The molecule has 70 heavy (non-hydrogen) atoms. The van der Waals surface area contributed by atoms with E-state index in [1.54, 1.807) is 0 Å². The molecule has 0 unspecified atom stereocenters. The SMILES string of the molecule is CC1(C)c2ccccc2-c2ccc(N(c3ccccc3)c3cc(-c4ccc5c(c4)c4ccccc4n5-c4ccc(C5=CCCC=C5)cc4)cc(N(c4ccccc4)c4cccc5ccccc45)c3)cc21. The lowest BCUT2D eigenvalue weighted by Crippen LogP contribution is -2.17. The zero-order chi connectivity index (χ0) is 46.8. The fourth-order valence-electron chi connectivity index (χ4n) is 11.3. The lowest BCUT2D eigenvalue weighted by Gasteiger charge is -2.31. The van der Waals surface area contributed by atoms with Crippen molar-refractivity contribution in [3.63, 3.8) is 0 Å². The largest absolute Gasteiger partial charge is 0.310 e. The number of anilines is 6. The molecule has 0 N–H and O–H groups in total. The summed E-state index contributed by atoms with van der Waals surface area (Å²) in [6.07, 6.45) is 9.09. The molecule has 1 heterocycles. The van der Waals surface area contributed by atoms with Gasteiger partial charge in [-0.05, 0) is 154 Å². The first-order valence-electron chi connectivity index (χ1n) is 24.6. The van der Waals surface area contributed by atoms with Gasteiger partial charge in [-0.1, -0.05) is 172 Å². The summed E-state index contributed by atoms with van der Waals surface area (Å²) in [6, 6.07) is 85.2. The van der Waals surface area contributed by atoms with E-state index in [2.05, 4.69) is 277 Å². The Balaban J connectivity index is 1.04. The van der Waals surface area contributed by atoms with Gasteiger partial charge in [0.1, 0.15) is 0 Å². The fourth-order valence-corrected chi connectivity index (χ4v) is 11.3. The van der Waals surface area contributed by atoms with Gasteiger partial charge in [-0.2, -0.15) is 0 Å². The normalized spacial score (nSPS) is 13.6. The Morgan fingerprint density at radius 3 is 1.83 bits per heavy atom. The maximum absolute atomic E-state index is 2.45. The Kier molecular flexibility index (Phi) is 9.99. The van der Waals surface area contributed by atoms with Gasteiger partial charge >= 0.3 is 0 Å². The van der Waals surface area contributed by atoms with E-state index < -0.39 is 0 Å². The van der Waals surface area contributed by atoms with Crippen molar-refractivity contribution in [2.75, 3.05) is 9.80 Å². The Morgan fingerprint density at radius 2 is 1.04 bits per heavy atom. The minimum absolute atomic E-state index is 0.156. The average Bonchev–Trinajstić information content (AvgIpc) is 3.87. The Hall–Kier alpha value is -8.66. The predicted molar refractivity (Wildman–Crippen MR) is 297 cm³/mol. The third-order valence-corrected chi connectivity index (χ3v) is 14.7. The van der Waals surface area contributed by atoms with Crippen LogP contribution in [0.3, 0.4) is 0 Å². The van der Waals surface area contributed by atoms with Gasteiger partial charge < -0.3 is 14.4 Å². The van der Waals surface area contributed by atoms with Crippen LogP contribution >= 0.6 is 0 Å². The molecule has 0 fully saturated rings. The summed E-state index contributed by atoms with van der Waals surface area (Å²) in [4.78, 5) is 4.89. The number of hydrogen-bond acceptors (Lipinski definition) is 2. The first-order valence-corrected chi connectivity index (χ1v) is 24.6. The molecule has 334 valence electrons. The maximum Gasteiger partial charge on any atom is 0.0541 e. The van der Waals surface area contributed by atoms with Crippen molar-refractivity contribution in [3.05, 3.63) is 265 Å². The second-order valence-electron chi connectivity index (χ2n) is 19.2. The van der Waals surface area contributed by atoms with E-state index in [0.29, 0.717) is 0 Å². The Bertz CT molecular complexity index is 3850. The van der Waals surface area contributed by atoms with Crippen LogP contribution in [0.15, 0.2) is 249 Å². The minimum atomic E-state index is -0.156. The molecule has 2 aliphatic carbocycles. The topological polar surface area (TPSA) is 11.4 Å². The molecule has 11 aromatic rings. The maximum atomic E-state index is 2.45. The molecule has 0 saturated carbocycles. The molecule has 3 heteroatoms. The van der Waals surface area contributed by atoms with Crippen molar-refractivity contribution < 1.29 is 0 Å². The van der Waals surface area contributed by atoms with Crippen molar-refractivity contribution in [1.82, 2.24) is 4.57 Å². The van der Waals surface area contributed by atoms with Gasteiger partial charge in [0.15, 0.2) is 0 Å². The number of para-hydroxylation sites is 3. The molecule has 13 rings (SSSR count). The van der Waals surface area contributed by atoms with Crippen LogP contribution in [0.4, 0.5) is 34.1 Å². The Labute approximate surface area is 410 Å². The van der Waals surface area contributed by atoms with Gasteiger partial charge in [0.2, 0.25) is 0 Å². The first-order chi connectivity index (χ1) is 34.5. The molecule has 0 atom stereocenters. The van der Waals surface area contributed by atoms with Crippen molar-refractivity contribution in [2.24, 2.45) is 0 Å². The summed E-state index contributed by atoms with van der Waals surface area (Å²) in [7, 11) is 0. The summed E-state index contributed by atoms with van der Waals surface area (Å²) >= 11 is 0. The standard InChI is InChI=1S/C67H51N3/c1-67(2)62-30-16-14-28-58(62)59-39-38-54(45-63(59)67)68(51-23-8-4-9-24-51)55-41-50(42-56(44-55)69(52-25-10-5-11-26-52)64-32-18-22-48-21-12-13-27-57(48)64)49-35-40-66-61(43-49)60-29-15-17-31-65(60)70(66)53-36-33-47(34-37-53)46-19-6-3-7-20-46/h4-6,8-45H,3,7H2,1-2H3. The van der Waals surface area contributed by atoms with Gasteiger partial charge in [-0.25, -0.2) is 0 Å². The smallest absolute Gasteiger partial charge is 0.0541 e. The number of hydrogen-bond donors (Lipinski definition) is 0. The van der Waals surface area contributed by atoms with Crippen LogP contribution in [-0.2, 0) is 5.41 Å². The van der Waals surface area contributed by atoms with Crippen LogP contribution in [0.2, 0.25) is 0 Å². The highest BCUT2D eigenvalue weighted by atomic mass is 15.2. The highest BCUT2D eigenvalue weighted by Gasteiger charge is 2.36. The van der Waals surface area contributed by atoms with E-state index in [1.165, 1.54) is 66.0 Å². The molecule has 0 spiro atoms. The zero-order valence-electron chi connectivity index (χ0n) is 39.4. The second-order valence-corrected chi connectivity index (χ2v) is 19.2. The van der Waals surface area contributed by atoms with Crippen molar-refractivity contribution in [3.8, 4) is 27.9 Å². The molecule has 10 aromatic carbocycles. The number of benzene rings is 10. The Morgan fingerprint density at radius 1 is 0.400 bits per heavy atom.